The standard InChI is InChI=1S/C18H13NOS/c1-21-17-9-5-8-15-14(13-6-3-2-4-7-13)10-11-16(18(15)17)19-12-20/h2-11H,1H3. The van der Waals surface area contributed by atoms with Crippen molar-refractivity contribution < 1.29 is 4.79 Å². The molecule has 0 saturated carbocycles. The van der Waals surface area contributed by atoms with E-state index in [0.717, 1.165) is 26.8 Å². The molecule has 0 spiro atoms. The molecule has 3 heteroatoms. The lowest BCUT2D eigenvalue weighted by atomic mass is 9.97. The van der Waals surface area contributed by atoms with E-state index in [2.05, 4.69) is 23.2 Å². The van der Waals surface area contributed by atoms with Gasteiger partial charge in [-0.3, -0.25) is 0 Å². The number of rotatable bonds is 3. The Morgan fingerprint density at radius 3 is 2.48 bits per heavy atom. The second kappa shape index (κ2) is 5.96. The smallest absolute Gasteiger partial charge is 0.211 e. The molecule has 2 nitrogen and oxygen atoms in total. The van der Waals surface area contributed by atoms with Gasteiger partial charge < -0.3 is 0 Å². The zero-order valence-electron chi connectivity index (χ0n) is 11.5. The lowest BCUT2D eigenvalue weighted by molar-refractivity contribution is 0.565. The Morgan fingerprint density at radius 2 is 1.76 bits per heavy atom. The number of isocyanates is 1. The number of aliphatic imine (C=N–C) groups is 1. The summed E-state index contributed by atoms with van der Waals surface area (Å²) >= 11 is 1.65. The Bertz CT molecular complexity index is 836. The van der Waals surface area contributed by atoms with Crippen molar-refractivity contribution in [2.45, 2.75) is 4.90 Å². The van der Waals surface area contributed by atoms with Gasteiger partial charge >= 0.3 is 0 Å². The molecule has 0 amide bonds. The topological polar surface area (TPSA) is 29.4 Å². The van der Waals surface area contributed by atoms with Crippen LogP contribution in [0.3, 0.4) is 0 Å². The SMILES string of the molecule is CSc1cccc2c(-c3ccccc3)ccc(N=C=O)c12. The van der Waals surface area contributed by atoms with Crippen molar-refractivity contribution in [1.82, 2.24) is 0 Å². The first-order valence-electron chi connectivity index (χ1n) is 6.58. The van der Waals surface area contributed by atoms with Gasteiger partial charge in [0.15, 0.2) is 0 Å². The van der Waals surface area contributed by atoms with Crippen LogP contribution in [0.1, 0.15) is 0 Å². The van der Waals surface area contributed by atoms with E-state index in [-0.39, 0.29) is 0 Å². The number of hydrogen-bond donors (Lipinski definition) is 0. The molecule has 0 unspecified atom stereocenters. The van der Waals surface area contributed by atoms with E-state index in [9.17, 15) is 4.79 Å². The Hall–Kier alpha value is -2.35. The Morgan fingerprint density at radius 1 is 0.952 bits per heavy atom. The third kappa shape index (κ3) is 2.49. The van der Waals surface area contributed by atoms with Crippen molar-refractivity contribution in [3.63, 3.8) is 0 Å². The normalized spacial score (nSPS) is 10.3. The van der Waals surface area contributed by atoms with Crippen LogP contribution in [0.15, 0.2) is 70.6 Å². The molecule has 0 aliphatic heterocycles. The highest BCUT2D eigenvalue weighted by molar-refractivity contribution is 7.98. The van der Waals surface area contributed by atoms with Crippen LogP contribution in [-0.4, -0.2) is 12.3 Å². The number of fused-ring (bicyclic) bond motifs is 1. The van der Waals surface area contributed by atoms with Crippen molar-refractivity contribution in [3.05, 3.63) is 60.7 Å². The van der Waals surface area contributed by atoms with Crippen LogP contribution in [0.25, 0.3) is 21.9 Å². The monoisotopic (exact) mass is 291 g/mol. The predicted molar refractivity (Wildman–Crippen MR) is 88.9 cm³/mol. The first-order valence-corrected chi connectivity index (χ1v) is 7.80. The lowest BCUT2D eigenvalue weighted by Gasteiger charge is -2.11. The van der Waals surface area contributed by atoms with Crippen LogP contribution in [-0.2, 0) is 4.79 Å². The molecular formula is C18H13NOS. The third-order valence-electron chi connectivity index (χ3n) is 3.45. The molecule has 0 N–H and O–H groups in total. The van der Waals surface area contributed by atoms with Crippen LogP contribution < -0.4 is 0 Å². The number of benzene rings is 3. The van der Waals surface area contributed by atoms with E-state index in [1.54, 1.807) is 17.8 Å². The van der Waals surface area contributed by atoms with E-state index in [4.69, 9.17) is 0 Å². The summed E-state index contributed by atoms with van der Waals surface area (Å²) in [6, 6.07) is 20.3. The fraction of sp³-hybridized carbons (Fsp3) is 0.0556. The van der Waals surface area contributed by atoms with Gasteiger partial charge in [0.05, 0.1) is 5.69 Å². The van der Waals surface area contributed by atoms with Gasteiger partial charge in [-0.25, -0.2) is 4.79 Å². The molecule has 3 aromatic rings. The van der Waals surface area contributed by atoms with E-state index >= 15 is 0 Å². The molecule has 3 rings (SSSR count). The quantitative estimate of drug-likeness (QED) is 0.377. The van der Waals surface area contributed by atoms with E-state index < -0.39 is 0 Å². The van der Waals surface area contributed by atoms with Crippen LogP contribution in [0, 0.1) is 0 Å². The highest BCUT2D eigenvalue weighted by atomic mass is 32.2. The average molecular weight is 291 g/mol. The first-order chi connectivity index (χ1) is 10.3. The summed E-state index contributed by atoms with van der Waals surface area (Å²) in [4.78, 5) is 15.6. The van der Waals surface area contributed by atoms with Crippen LogP contribution in [0.4, 0.5) is 5.69 Å². The van der Waals surface area contributed by atoms with Crippen molar-refractivity contribution in [2.24, 2.45) is 4.99 Å². The number of nitrogens with zero attached hydrogens (tertiary/aromatic N) is 1. The summed E-state index contributed by atoms with van der Waals surface area (Å²) in [7, 11) is 0. The van der Waals surface area contributed by atoms with Crippen LogP contribution in [0.5, 0.6) is 0 Å². The molecule has 0 radical (unpaired) electrons. The van der Waals surface area contributed by atoms with Crippen molar-refractivity contribution in [2.75, 3.05) is 6.26 Å². The molecule has 0 bridgehead atoms. The van der Waals surface area contributed by atoms with Crippen molar-refractivity contribution in [3.8, 4) is 11.1 Å². The average Bonchev–Trinajstić information content (AvgIpc) is 2.55. The summed E-state index contributed by atoms with van der Waals surface area (Å²) in [5, 5.41) is 2.11. The molecular weight excluding hydrogens is 278 g/mol. The minimum atomic E-state index is 0.671. The van der Waals surface area contributed by atoms with E-state index in [1.807, 2.05) is 48.7 Å². The summed E-state index contributed by atoms with van der Waals surface area (Å²) in [5.74, 6) is 0. The molecule has 3 aromatic carbocycles. The van der Waals surface area contributed by atoms with Gasteiger partial charge in [-0.1, -0.05) is 48.5 Å². The molecule has 21 heavy (non-hydrogen) atoms. The Labute approximate surface area is 127 Å². The summed E-state index contributed by atoms with van der Waals surface area (Å²) in [6.45, 7) is 0. The van der Waals surface area contributed by atoms with E-state index in [1.165, 1.54) is 0 Å². The lowest BCUT2D eigenvalue weighted by Crippen LogP contribution is -1.84. The largest absolute Gasteiger partial charge is 0.240 e. The fourth-order valence-corrected chi connectivity index (χ4v) is 3.17. The molecule has 102 valence electrons. The van der Waals surface area contributed by atoms with Crippen LogP contribution >= 0.6 is 11.8 Å². The van der Waals surface area contributed by atoms with E-state index in [0.29, 0.717) is 5.69 Å². The molecule has 0 saturated heterocycles. The second-order valence-corrected chi connectivity index (χ2v) is 5.43. The minimum absolute atomic E-state index is 0.671. The van der Waals surface area contributed by atoms with Crippen molar-refractivity contribution >= 4 is 34.3 Å². The highest BCUT2D eigenvalue weighted by Gasteiger charge is 2.10. The highest BCUT2D eigenvalue weighted by Crippen LogP contribution is 2.39. The van der Waals surface area contributed by atoms with Gasteiger partial charge in [-0.05, 0) is 34.9 Å². The summed E-state index contributed by atoms with van der Waals surface area (Å²) in [6.07, 6.45) is 3.68. The van der Waals surface area contributed by atoms with Crippen LogP contribution in [0.2, 0.25) is 0 Å². The third-order valence-corrected chi connectivity index (χ3v) is 4.23. The second-order valence-electron chi connectivity index (χ2n) is 4.58. The zero-order valence-corrected chi connectivity index (χ0v) is 12.4. The van der Waals surface area contributed by atoms with Gasteiger partial charge in [-0.15, -0.1) is 11.8 Å². The summed E-state index contributed by atoms with van der Waals surface area (Å²) < 4.78 is 0. The molecule has 0 aliphatic carbocycles. The summed E-state index contributed by atoms with van der Waals surface area (Å²) in [5.41, 5.74) is 2.97. The molecule has 0 heterocycles. The first kappa shape index (κ1) is 13.6. The molecule has 0 fully saturated rings. The van der Waals surface area contributed by atoms with Gasteiger partial charge in [0.25, 0.3) is 0 Å². The van der Waals surface area contributed by atoms with Gasteiger partial charge in [-0.2, -0.15) is 4.99 Å². The van der Waals surface area contributed by atoms with Gasteiger partial charge in [0.1, 0.15) is 0 Å². The Kier molecular flexibility index (Phi) is 3.87. The number of carbonyl (C=O) groups excluding carboxylic acids is 1. The molecule has 0 aliphatic rings. The predicted octanol–water partition coefficient (Wildman–Crippen LogP) is 5.20. The molecule has 0 aromatic heterocycles. The maximum Gasteiger partial charge on any atom is 0.240 e. The minimum Gasteiger partial charge on any atom is -0.211 e. The fourth-order valence-electron chi connectivity index (χ4n) is 2.54. The zero-order chi connectivity index (χ0) is 14.7. The number of thioether (sulfide) groups is 1. The van der Waals surface area contributed by atoms with Crippen molar-refractivity contribution in [1.29, 1.82) is 0 Å². The number of hydrogen-bond acceptors (Lipinski definition) is 3. The maximum atomic E-state index is 10.7. The van der Waals surface area contributed by atoms with Gasteiger partial charge in [0, 0.05) is 10.3 Å². The maximum absolute atomic E-state index is 10.7. The van der Waals surface area contributed by atoms with Gasteiger partial charge in [0.2, 0.25) is 6.08 Å². The molecule has 0 atom stereocenters. The Balaban J connectivity index is 2.40.